The third-order valence-electron chi connectivity index (χ3n) is 4.12. The van der Waals surface area contributed by atoms with E-state index in [1.165, 1.54) is 11.1 Å². The standard InChI is InChI=1S/C14H20N2O2S/c15-14(11-4-5-11)9-16-19(17,18)13-7-6-10-2-1-3-12(10)8-13/h6-8,11,14,16H,1-5,9,15H2. The van der Waals surface area contributed by atoms with Crippen LogP contribution in [0.2, 0.25) is 0 Å². The average Bonchev–Trinajstić information content (AvgIpc) is 3.13. The van der Waals surface area contributed by atoms with Gasteiger partial charge in [0, 0.05) is 12.6 Å². The highest BCUT2D eigenvalue weighted by atomic mass is 32.2. The van der Waals surface area contributed by atoms with Crippen LogP contribution in [0.5, 0.6) is 0 Å². The number of hydrogen-bond acceptors (Lipinski definition) is 3. The number of rotatable bonds is 5. The fourth-order valence-electron chi connectivity index (χ4n) is 2.70. The summed E-state index contributed by atoms with van der Waals surface area (Å²) in [5.41, 5.74) is 8.39. The number of sulfonamides is 1. The Labute approximate surface area is 114 Å². The molecule has 4 nitrogen and oxygen atoms in total. The maximum Gasteiger partial charge on any atom is 0.240 e. The van der Waals surface area contributed by atoms with E-state index in [-0.39, 0.29) is 6.04 Å². The van der Waals surface area contributed by atoms with Crippen LogP contribution in [0.15, 0.2) is 23.1 Å². The molecule has 104 valence electrons. The first kappa shape index (κ1) is 13.1. The molecule has 1 aromatic rings. The highest BCUT2D eigenvalue weighted by Gasteiger charge is 2.29. The van der Waals surface area contributed by atoms with E-state index < -0.39 is 10.0 Å². The van der Waals surface area contributed by atoms with Crippen molar-refractivity contribution < 1.29 is 8.42 Å². The molecule has 19 heavy (non-hydrogen) atoms. The van der Waals surface area contributed by atoms with Crippen LogP contribution in [0.4, 0.5) is 0 Å². The SMILES string of the molecule is NC(CNS(=O)(=O)c1ccc2c(c1)CCC2)C1CC1. The average molecular weight is 280 g/mol. The fraction of sp³-hybridized carbons (Fsp3) is 0.571. The number of nitrogens with two attached hydrogens (primary N) is 1. The van der Waals surface area contributed by atoms with Gasteiger partial charge >= 0.3 is 0 Å². The summed E-state index contributed by atoms with van der Waals surface area (Å²) in [7, 11) is -3.41. The smallest absolute Gasteiger partial charge is 0.240 e. The Bertz CT molecular complexity index is 579. The van der Waals surface area contributed by atoms with Crippen LogP contribution in [0, 0.1) is 5.92 Å². The van der Waals surface area contributed by atoms with Crippen molar-refractivity contribution in [3.8, 4) is 0 Å². The molecule has 1 fully saturated rings. The molecular formula is C14H20N2O2S. The molecule has 0 radical (unpaired) electrons. The zero-order chi connectivity index (χ0) is 13.5. The molecule has 2 aliphatic carbocycles. The first-order valence-electron chi connectivity index (χ1n) is 6.93. The lowest BCUT2D eigenvalue weighted by molar-refractivity contribution is 0.547. The quantitative estimate of drug-likeness (QED) is 0.851. The molecule has 0 bridgehead atoms. The monoisotopic (exact) mass is 280 g/mol. The van der Waals surface area contributed by atoms with Crippen LogP contribution < -0.4 is 10.5 Å². The van der Waals surface area contributed by atoms with E-state index in [9.17, 15) is 8.42 Å². The number of benzene rings is 1. The Morgan fingerprint density at radius 1 is 1.26 bits per heavy atom. The van der Waals surface area contributed by atoms with Crippen molar-refractivity contribution >= 4 is 10.0 Å². The molecule has 0 saturated heterocycles. The molecule has 2 aliphatic rings. The van der Waals surface area contributed by atoms with Crippen LogP contribution in [-0.4, -0.2) is 21.0 Å². The highest BCUT2D eigenvalue weighted by molar-refractivity contribution is 7.89. The second-order valence-electron chi connectivity index (χ2n) is 5.64. The van der Waals surface area contributed by atoms with Gasteiger partial charge in [-0.25, -0.2) is 13.1 Å². The van der Waals surface area contributed by atoms with Gasteiger partial charge in [0.25, 0.3) is 0 Å². The van der Waals surface area contributed by atoms with Crippen molar-refractivity contribution in [3.63, 3.8) is 0 Å². The van der Waals surface area contributed by atoms with Crippen molar-refractivity contribution in [2.45, 2.75) is 43.0 Å². The van der Waals surface area contributed by atoms with Gasteiger partial charge in [0.05, 0.1) is 4.90 Å². The molecule has 3 N–H and O–H groups in total. The Morgan fingerprint density at radius 3 is 2.74 bits per heavy atom. The van der Waals surface area contributed by atoms with Crippen LogP contribution in [-0.2, 0) is 22.9 Å². The second kappa shape index (κ2) is 4.89. The van der Waals surface area contributed by atoms with E-state index in [4.69, 9.17) is 5.73 Å². The van der Waals surface area contributed by atoms with Crippen molar-refractivity contribution in [3.05, 3.63) is 29.3 Å². The minimum atomic E-state index is -3.41. The third-order valence-corrected chi connectivity index (χ3v) is 5.54. The van der Waals surface area contributed by atoms with Gasteiger partial charge in [0.2, 0.25) is 10.0 Å². The number of aryl methyl sites for hydroxylation is 2. The number of fused-ring (bicyclic) bond motifs is 1. The summed E-state index contributed by atoms with van der Waals surface area (Å²) in [6.07, 6.45) is 5.43. The lowest BCUT2D eigenvalue weighted by atomic mass is 10.1. The van der Waals surface area contributed by atoms with E-state index in [0.717, 1.165) is 32.1 Å². The maximum atomic E-state index is 12.2. The molecular weight excluding hydrogens is 260 g/mol. The normalized spacial score (nSPS) is 20.3. The molecule has 0 heterocycles. The van der Waals surface area contributed by atoms with Gasteiger partial charge in [-0.2, -0.15) is 0 Å². The van der Waals surface area contributed by atoms with Crippen molar-refractivity contribution in [2.24, 2.45) is 11.7 Å². The molecule has 0 amide bonds. The van der Waals surface area contributed by atoms with E-state index in [2.05, 4.69) is 4.72 Å². The Morgan fingerprint density at radius 2 is 2.00 bits per heavy atom. The largest absolute Gasteiger partial charge is 0.326 e. The molecule has 1 saturated carbocycles. The lowest BCUT2D eigenvalue weighted by Gasteiger charge is -2.12. The zero-order valence-electron chi connectivity index (χ0n) is 10.9. The zero-order valence-corrected chi connectivity index (χ0v) is 11.7. The van der Waals surface area contributed by atoms with Gasteiger partial charge in [0.15, 0.2) is 0 Å². The molecule has 1 atom stereocenters. The van der Waals surface area contributed by atoms with Gasteiger partial charge in [-0.3, -0.25) is 0 Å². The number of hydrogen-bond donors (Lipinski definition) is 2. The summed E-state index contributed by atoms with van der Waals surface area (Å²) >= 11 is 0. The Kier molecular flexibility index (Phi) is 3.37. The molecule has 5 heteroatoms. The van der Waals surface area contributed by atoms with Gasteiger partial charge in [0.1, 0.15) is 0 Å². The molecule has 3 rings (SSSR count). The summed E-state index contributed by atoms with van der Waals surface area (Å²) in [4.78, 5) is 0.371. The first-order chi connectivity index (χ1) is 9.06. The van der Waals surface area contributed by atoms with E-state index >= 15 is 0 Å². The summed E-state index contributed by atoms with van der Waals surface area (Å²) in [5, 5.41) is 0. The summed E-state index contributed by atoms with van der Waals surface area (Å²) < 4.78 is 27.1. The first-order valence-corrected chi connectivity index (χ1v) is 8.41. The maximum absolute atomic E-state index is 12.2. The lowest BCUT2D eigenvalue weighted by Crippen LogP contribution is -2.38. The van der Waals surface area contributed by atoms with Crippen molar-refractivity contribution in [1.29, 1.82) is 0 Å². The van der Waals surface area contributed by atoms with Gasteiger partial charge in [-0.15, -0.1) is 0 Å². The van der Waals surface area contributed by atoms with E-state index in [1.807, 2.05) is 12.1 Å². The fourth-order valence-corrected chi connectivity index (χ4v) is 3.82. The summed E-state index contributed by atoms with van der Waals surface area (Å²) in [6.45, 7) is 0.337. The minimum absolute atomic E-state index is 0.0517. The molecule has 1 unspecified atom stereocenters. The topological polar surface area (TPSA) is 72.2 Å². The van der Waals surface area contributed by atoms with Gasteiger partial charge < -0.3 is 5.73 Å². The van der Waals surface area contributed by atoms with E-state index in [1.54, 1.807) is 6.07 Å². The van der Waals surface area contributed by atoms with E-state index in [0.29, 0.717) is 17.4 Å². The molecule has 0 aliphatic heterocycles. The Hall–Kier alpha value is -0.910. The predicted molar refractivity (Wildman–Crippen MR) is 74.4 cm³/mol. The third kappa shape index (κ3) is 2.83. The van der Waals surface area contributed by atoms with Crippen molar-refractivity contribution in [2.75, 3.05) is 6.54 Å². The Balaban J connectivity index is 1.72. The van der Waals surface area contributed by atoms with Crippen molar-refractivity contribution in [1.82, 2.24) is 4.72 Å². The molecule has 0 spiro atoms. The number of nitrogens with one attached hydrogen (secondary N) is 1. The molecule has 1 aromatic carbocycles. The van der Waals surface area contributed by atoms with Crippen LogP contribution in [0.1, 0.15) is 30.4 Å². The van der Waals surface area contributed by atoms with Gasteiger partial charge in [-0.05, 0) is 61.3 Å². The summed E-state index contributed by atoms with van der Waals surface area (Å²) in [6, 6.07) is 5.41. The van der Waals surface area contributed by atoms with Crippen LogP contribution >= 0.6 is 0 Å². The minimum Gasteiger partial charge on any atom is -0.326 e. The van der Waals surface area contributed by atoms with Gasteiger partial charge in [-0.1, -0.05) is 6.07 Å². The molecule has 0 aromatic heterocycles. The highest BCUT2D eigenvalue weighted by Crippen LogP contribution is 2.31. The second-order valence-corrected chi connectivity index (χ2v) is 7.40. The van der Waals surface area contributed by atoms with Crippen LogP contribution in [0.25, 0.3) is 0 Å². The van der Waals surface area contributed by atoms with Crippen LogP contribution in [0.3, 0.4) is 0 Å². The predicted octanol–water partition coefficient (Wildman–Crippen LogP) is 1.19. The summed E-state index contributed by atoms with van der Waals surface area (Å²) in [5.74, 6) is 0.503.